The summed E-state index contributed by atoms with van der Waals surface area (Å²) in [6.45, 7) is 6.87. The molecule has 3 heterocycles. The van der Waals surface area contributed by atoms with Gasteiger partial charge in [0.25, 0.3) is 0 Å². The van der Waals surface area contributed by atoms with E-state index in [1.54, 1.807) is 0 Å². The summed E-state index contributed by atoms with van der Waals surface area (Å²) in [5, 5.41) is 9.44. The maximum Gasteiger partial charge on any atom is 0.224 e. The highest BCUT2D eigenvalue weighted by atomic mass is 15.0. The number of hydrogen-bond donors (Lipinski definition) is 0. The molecule has 0 fully saturated rings. The SMILES string of the molecule is Cc1c2ccccc2c2c3ccccc3n3c4cc(C(C)C)cc5cc[n+](C)c(c1c23)c54. The molecule has 0 saturated heterocycles. The van der Waals surface area contributed by atoms with Gasteiger partial charge in [0.1, 0.15) is 7.05 Å². The number of hydrogen-bond acceptors (Lipinski definition) is 0. The first kappa shape index (κ1) is 18.0. The maximum atomic E-state index is 2.54. The maximum absolute atomic E-state index is 2.54. The van der Waals surface area contributed by atoms with E-state index in [1.807, 2.05) is 0 Å². The van der Waals surface area contributed by atoms with Gasteiger partial charge in [-0.3, -0.25) is 0 Å². The fourth-order valence-corrected chi connectivity index (χ4v) is 5.94. The number of pyridine rings is 2. The van der Waals surface area contributed by atoms with Crippen molar-refractivity contribution in [1.29, 1.82) is 0 Å². The zero-order chi connectivity index (χ0) is 21.7. The van der Waals surface area contributed by atoms with Crippen molar-refractivity contribution in [2.75, 3.05) is 0 Å². The van der Waals surface area contributed by atoms with Gasteiger partial charge in [0, 0.05) is 16.8 Å². The van der Waals surface area contributed by atoms with Crippen molar-refractivity contribution in [2.24, 2.45) is 7.05 Å². The van der Waals surface area contributed by atoms with Crippen LogP contribution in [-0.2, 0) is 7.05 Å². The number of fused-ring (bicyclic) bond motifs is 7. The van der Waals surface area contributed by atoms with E-state index in [1.165, 1.54) is 70.9 Å². The quantitative estimate of drug-likeness (QED) is 0.151. The Hall–Kier alpha value is -3.65. The lowest BCUT2D eigenvalue weighted by molar-refractivity contribution is -0.643. The molecule has 0 aliphatic rings. The summed E-state index contributed by atoms with van der Waals surface area (Å²) in [7, 11) is 2.19. The molecular formula is C30H25N2+. The van der Waals surface area contributed by atoms with E-state index in [-0.39, 0.29) is 0 Å². The normalized spacial score (nSPS) is 12.7. The average Bonchev–Trinajstić information content (AvgIpc) is 3.15. The predicted octanol–water partition coefficient (Wildman–Crippen LogP) is 7.40. The smallest absolute Gasteiger partial charge is 0.224 e. The summed E-state index contributed by atoms with van der Waals surface area (Å²) in [6, 6.07) is 24.9. The molecule has 7 rings (SSSR count). The Morgan fingerprint density at radius 1 is 0.750 bits per heavy atom. The minimum atomic E-state index is 0.477. The second-order valence-electron chi connectivity index (χ2n) is 9.56. The van der Waals surface area contributed by atoms with E-state index >= 15 is 0 Å². The van der Waals surface area contributed by atoms with Gasteiger partial charge >= 0.3 is 0 Å². The van der Waals surface area contributed by atoms with Gasteiger partial charge in [0.05, 0.1) is 27.3 Å². The second kappa shape index (κ2) is 5.98. The molecule has 0 spiro atoms. The average molecular weight is 414 g/mol. The minimum Gasteiger partial charge on any atom is -0.307 e. The highest BCUT2D eigenvalue weighted by Crippen LogP contribution is 2.45. The molecule has 154 valence electrons. The number of benzene rings is 4. The van der Waals surface area contributed by atoms with Crippen LogP contribution >= 0.6 is 0 Å². The van der Waals surface area contributed by atoms with Crippen LogP contribution in [0.5, 0.6) is 0 Å². The van der Waals surface area contributed by atoms with Crippen molar-refractivity contribution in [2.45, 2.75) is 26.7 Å². The summed E-state index contributed by atoms with van der Waals surface area (Å²) in [4.78, 5) is 0. The van der Waals surface area contributed by atoms with E-state index < -0.39 is 0 Å². The van der Waals surface area contributed by atoms with Gasteiger partial charge < -0.3 is 4.40 Å². The Labute approximate surface area is 186 Å². The van der Waals surface area contributed by atoms with Crippen LogP contribution < -0.4 is 4.57 Å². The third kappa shape index (κ3) is 2.03. The molecule has 0 unspecified atom stereocenters. The monoisotopic (exact) mass is 413 g/mol. The van der Waals surface area contributed by atoms with E-state index in [4.69, 9.17) is 0 Å². The third-order valence-electron chi connectivity index (χ3n) is 7.47. The Morgan fingerprint density at radius 2 is 1.47 bits per heavy atom. The molecule has 0 radical (unpaired) electrons. The third-order valence-corrected chi connectivity index (χ3v) is 7.47. The first-order valence-corrected chi connectivity index (χ1v) is 11.5. The molecule has 0 aliphatic heterocycles. The van der Waals surface area contributed by atoms with Gasteiger partial charge in [-0.1, -0.05) is 62.4 Å². The number of nitrogens with zero attached hydrogens (tertiary/aromatic N) is 2. The topological polar surface area (TPSA) is 8.29 Å². The molecule has 2 nitrogen and oxygen atoms in total. The predicted molar refractivity (Wildman–Crippen MR) is 136 cm³/mol. The largest absolute Gasteiger partial charge is 0.307 e. The lowest BCUT2D eigenvalue weighted by atomic mass is 9.92. The van der Waals surface area contributed by atoms with Gasteiger partial charge in [0.15, 0.2) is 6.20 Å². The molecule has 7 aromatic rings. The molecule has 0 atom stereocenters. The highest BCUT2D eigenvalue weighted by molar-refractivity contribution is 6.32. The van der Waals surface area contributed by atoms with Crippen LogP contribution in [0.15, 0.2) is 72.9 Å². The summed E-state index contributed by atoms with van der Waals surface area (Å²) in [6.07, 6.45) is 2.23. The van der Waals surface area contributed by atoms with E-state index in [2.05, 4.69) is 110 Å². The van der Waals surface area contributed by atoms with Crippen molar-refractivity contribution in [3.8, 4) is 0 Å². The van der Waals surface area contributed by atoms with E-state index in [0.29, 0.717) is 5.92 Å². The number of para-hydroxylation sites is 1. The fourth-order valence-electron chi connectivity index (χ4n) is 5.94. The van der Waals surface area contributed by atoms with Crippen molar-refractivity contribution >= 4 is 59.8 Å². The van der Waals surface area contributed by atoms with Crippen LogP contribution in [0.4, 0.5) is 0 Å². The van der Waals surface area contributed by atoms with Gasteiger partial charge in [0.2, 0.25) is 5.52 Å². The summed E-state index contributed by atoms with van der Waals surface area (Å²) >= 11 is 0. The molecule has 0 aliphatic carbocycles. The second-order valence-corrected chi connectivity index (χ2v) is 9.56. The van der Waals surface area contributed by atoms with E-state index in [0.717, 1.165) is 0 Å². The molecule has 0 saturated carbocycles. The van der Waals surface area contributed by atoms with Crippen LogP contribution in [0.2, 0.25) is 0 Å². The lowest BCUT2D eigenvalue weighted by Crippen LogP contribution is -2.29. The highest BCUT2D eigenvalue weighted by Gasteiger charge is 2.26. The molecule has 3 aromatic heterocycles. The van der Waals surface area contributed by atoms with Gasteiger partial charge in [-0.05, 0) is 52.3 Å². The Bertz CT molecular complexity index is 1870. The molecule has 0 bridgehead atoms. The van der Waals surface area contributed by atoms with E-state index in [9.17, 15) is 0 Å². The fraction of sp³-hybridized carbons (Fsp3) is 0.167. The number of aryl methyl sites for hydroxylation is 2. The van der Waals surface area contributed by atoms with Gasteiger partial charge in [-0.15, -0.1) is 0 Å². The first-order chi connectivity index (χ1) is 15.6. The summed E-state index contributed by atoms with van der Waals surface area (Å²) in [5.41, 5.74) is 8.03. The Balaban J connectivity index is 1.98. The Kier molecular flexibility index (Phi) is 3.36. The molecule has 0 N–H and O–H groups in total. The standard InChI is InChI=1S/C30H25N2/c1-17(2)20-15-19-13-14-31(4)29-26-18(3)21-9-5-6-10-22(21)28-23-11-7-8-12-24(23)32(30(26)28)25(16-20)27(19)29/h5-17H,1-4H3/q+1. The first-order valence-electron chi connectivity index (χ1n) is 11.5. The molecule has 32 heavy (non-hydrogen) atoms. The number of rotatable bonds is 1. The molecular weight excluding hydrogens is 388 g/mol. The van der Waals surface area contributed by atoms with Crippen LogP contribution in [0, 0.1) is 6.92 Å². The van der Waals surface area contributed by atoms with Crippen molar-refractivity contribution in [3.63, 3.8) is 0 Å². The van der Waals surface area contributed by atoms with Crippen molar-refractivity contribution < 1.29 is 4.57 Å². The van der Waals surface area contributed by atoms with Gasteiger partial charge in [-0.25, -0.2) is 4.57 Å². The Morgan fingerprint density at radius 3 is 2.25 bits per heavy atom. The van der Waals surface area contributed by atoms with Crippen LogP contribution in [-0.4, -0.2) is 4.40 Å². The number of aromatic nitrogens is 2. The molecule has 2 heteroatoms. The lowest BCUT2D eigenvalue weighted by Gasteiger charge is -2.16. The zero-order valence-electron chi connectivity index (χ0n) is 18.9. The van der Waals surface area contributed by atoms with Crippen molar-refractivity contribution in [3.05, 3.63) is 84.1 Å². The van der Waals surface area contributed by atoms with Crippen LogP contribution in [0.25, 0.3) is 59.8 Å². The van der Waals surface area contributed by atoms with Crippen LogP contribution in [0.1, 0.15) is 30.9 Å². The van der Waals surface area contributed by atoms with Gasteiger partial charge in [-0.2, -0.15) is 0 Å². The molecule has 0 amide bonds. The van der Waals surface area contributed by atoms with Crippen molar-refractivity contribution in [1.82, 2.24) is 4.40 Å². The molecule has 4 aromatic carbocycles. The summed E-state index contributed by atoms with van der Waals surface area (Å²) in [5.74, 6) is 0.477. The zero-order valence-corrected chi connectivity index (χ0v) is 18.9. The minimum absolute atomic E-state index is 0.477. The summed E-state index contributed by atoms with van der Waals surface area (Å²) < 4.78 is 4.86. The van der Waals surface area contributed by atoms with Crippen LogP contribution in [0.3, 0.4) is 0 Å².